The molecule has 0 fully saturated rings. The lowest BCUT2D eigenvalue weighted by atomic mass is 9.79. The van der Waals surface area contributed by atoms with Crippen LogP contribution in [0.3, 0.4) is 0 Å². The Morgan fingerprint density at radius 1 is 0.750 bits per heavy atom. The lowest BCUT2D eigenvalue weighted by Gasteiger charge is -2.25. The standard InChI is InChI=1S/C18H20F2/c1-11(2)18(16-7-5-14(19)9-12(16)3)17-8-6-15(20)10-13(17)4/h5-11,18H,1-4H3. The molecule has 0 radical (unpaired) electrons. The molecule has 0 N–H and O–H groups in total. The molecular weight excluding hydrogens is 254 g/mol. The molecule has 2 rings (SSSR count). The number of aryl methyl sites for hydroxylation is 2. The van der Waals surface area contributed by atoms with Crippen LogP contribution < -0.4 is 0 Å². The molecular formula is C18H20F2. The first-order valence-corrected chi connectivity index (χ1v) is 6.92. The first-order valence-electron chi connectivity index (χ1n) is 6.92. The smallest absolute Gasteiger partial charge is 0.123 e. The van der Waals surface area contributed by atoms with Gasteiger partial charge in [-0.1, -0.05) is 26.0 Å². The molecule has 0 amide bonds. The molecule has 0 aromatic heterocycles. The summed E-state index contributed by atoms with van der Waals surface area (Å²) in [6.45, 7) is 8.12. The van der Waals surface area contributed by atoms with Crippen molar-refractivity contribution in [3.63, 3.8) is 0 Å². The number of rotatable bonds is 3. The number of hydrogen-bond donors (Lipinski definition) is 0. The Balaban J connectivity index is 2.56. The highest BCUT2D eigenvalue weighted by atomic mass is 19.1. The summed E-state index contributed by atoms with van der Waals surface area (Å²) < 4.78 is 26.6. The highest BCUT2D eigenvalue weighted by Crippen LogP contribution is 2.35. The van der Waals surface area contributed by atoms with Crippen LogP contribution in [-0.2, 0) is 0 Å². The molecule has 0 aliphatic heterocycles. The van der Waals surface area contributed by atoms with E-state index in [9.17, 15) is 8.78 Å². The van der Waals surface area contributed by atoms with Gasteiger partial charge in [-0.2, -0.15) is 0 Å². The van der Waals surface area contributed by atoms with Gasteiger partial charge in [0, 0.05) is 5.92 Å². The second-order valence-electron chi connectivity index (χ2n) is 5.72. The summed E-state index contributed by atoms with van der Waals surface area (Å²) >= 11 is 0. The zero-order valence-corrected chi connectivity index (χ0v) is 12.4. The molecule has 0 saturated carbocycles. The van der Waals surface area contributed by atoms with E-state index in [1.54, 1.807) is 12.1 Å². The topological polar surface area (TPSA) is 0 Å². The predicted octanol–water partition coefficient (Wildman–Crippen LogP) is 5.37. The fourth-order valence-electron chi connectivity index (χ4n) is 2.86. The summed E-state index contributed by atoms with van der Waals surface area (Å²) in [5, 5.41) is 0. The summed E-state index contributed by atoms with van der Waals surface area (Å²) in [6.07, 6.45) is 0. The summed E-state index contributed by atoms with van der Waals surface area (Å²) in [5.74, 6) is 0.0636. The Kier molecular flexibility index (Phi) is 4.22. The van der Waals surface area contributed by atoms with Crippen molar-refractivity contribution in [3.8, 4) is 0 Å². The van der Waals surface area contributed by atoms with Crippen LogP contribution in [0.15, 0.2) is 36.4 Å². The quantitative estimate of drug-likeness (QED) is 0.706. The maximum Gasteiger partial charge on any atom is 0.123 e. The number of benzene rings is 2. The van der Waals surface area contributed by atoms with Crippen molar-refractivity contribution in [3.05, 3.63) is 70.3 Å². The van der Waals surface area contributed by atoms with E-state index in [4.69, 9.17) is 0 Å². The van der Waals surface area contributed by atoms with E-state index in [0.29, 0.717) is 5.92 Å². The first-order chi connectivity index (χ1) is 9.40. The molecule has 2 aromatic rings. The van der Waals surface area contributed by atoms with Crippen LogP contribution in [0.2, 0.25) is 0 Å². The third kappa shape index (κ3) is 2.90. The highest BCUT2D eigenvalue weighted by molar-refractivity contribution is 5.41. The molecule has 20 heavy (non-hydrogen) atoms. The Morgan fingerprint density at radius 2 is 1.15 bits per heavy atom. The molecule has 0 nitrogen and oxygen atoms in total. The fraction of sp³-hybridized carbons (Fsp3) is 0.333. The molecule has 0 aliphatic carbocycles. The average Bonchev–Trinajstić information content (AvgIpc) is 2.34. The Bertz CT molecular complexity index is 563. The van der Waals surface area contributed by atoms with Crippen LogP contribution in [0.4, 0.5) is 8.78 Å². The first kappa shape index (κ1) is 14.7. The molecule has 106 valence electrons. The predicted molar refractivity (Wildman–Crippen MR) is 79.0 cm³/mol. The maximum absolute atomic E-state index is 13.3. The monoisotopic (exact) mass is 274 g/mol. The van der Waals surface area contributed by atoms with Gasteiger partial charge in [0.05, 0.1) is 0 Å². The number of hydrogen-bond acceptors (Lipinski definition) is 0. The van der Waals surface area contributed by atoms with E-state index in [1.165, 1.54) is 12.1 Å². The second kappa shape index (κ2) is 5.74. The molecule has 0 heterocycles. The van der Waals surface area contributed by atoms with Crippen LogP contribution in [0.5, 0.6) is 0 Å². The molecule has 0 atom stereocenters. The lowest BCUT2D eigenvalue weighted by Crippen LogP contribution is -2.12. The third-order valence-corrected chi connectivity index (χ3v) is 3.80. The van der Waals surface area contributed by atoms with Gasteiger partial charge < -0.3 is 0 Å². The second-order valence-corrected chi connectivity index (χ2v) is 5.72. The minimum Gasteiger partial charge on any atom is -0.207 e. The van der Waals surface area contributed by atoms with Crippen LogP contribution in [-0.4, -0.2) is 0 Å². The van der Waals surface area contributed by atoms with E-state index < -0.39 is 0 Å². The molecule has 0 saturated heterocycles. The molecule has 0 unspecified atom stereocenters. The Hall–Kier alpha value is -1.70. The summed E-state index contributed by atoms with van der Waals surface area (Å²) in [6, 6.07) is 9.80. The van der Waals surface area contributed by atoms with Crippen molar-refractivity contribution in [2.45, 2.75) is 33.6 Å². The van der Waals surface area contributed by atoms with Gasteiger partial charge in [-0.25, -0.2) is 8.78 Å². The van der Waals surface area contributed by atoms with E-state index in [1.807, 2.05) is 26.0 Å². The zero-order valence-electron chi connectivity index (χ0n) is 12.4. The fourth-order valence-corrected chi connectivity index (χ4v) is 2.86. The van der Waals surface area contributed by atoms with E-state index in [2.05, 4.69) is 13.8 Å². The molecule has 0 spiro atoms. The summed E-state index contributed by atoms with van der Waals surface area (Å²) in [4.78, 5) is 0. The van der Waals surface area contributed by atoms with Crippen LogP contribution >= 0.6 is 0 Å². The minimum atomic E-state index is -0.218. The van der Waals surface area contributed by atoms with Crippen LogP contribution in [0.1, 0.15) is 42.0 Å². The summed E-state index contributed by atoms with van der Waals surface area (Å²) in [7, 11) is 0. The van der Waals surface area contributed by atoms with Gasteiger partial charge in [0.1, 0.15) is 11.6 Å². The van der Waals surface area contributed by atoms with Crippen LogP contribution in [0.25, 0.3) is 0 Å². The number of halogens is 2. The van der Waals surface area contributed by atoms with Gasteiger partial charge in [0.15, 0.2) is 0 Å². The largest absolute Gasteiger partial charge is 0.207 e. The molecule has 2 aromatic carbocycles. The normalized spacial score (nSPS) is 11.4. The molecule has 2 heteroatoms. The van der Waals surface area contributed by atoms with Gasteiger partial charge in [-0.15, -0.1) is 0 Å². The minimum absolute atomic E-state index is 0.149. The average molecular weight is 274 g/mol. The zero-order chi connectivity index (χ0) is 14.9. The highest BCUT2D eigenvalue weighted by Gasteiger charge is 2.22. The summed E-state index contributed by atoms with van der Waals surface area (Å²) in [5.41, 5.74) is 4.09. The van der Waals surface area contributed by atoms with Crippen molar-refractivity contribution in [2.24, 2.45) is 5.92 Å². The van der Waals surface area contributed by atoms with Gasteiger partial charge in [0.2, 0.25) is 0 Å². The SMILES string of the molecule is Cc1cc(F)ccc1C(c1ccc(F)cc1C)C(C)C. The van der Waals surface area contributed by atoms with Gasteiger partial charge in [0.25, 0.3) is 0 Å². The van der Waals surface area contributed by atoms with E-state index in [-0.39, 0.29) is 17.6 Å². The van der Waals surface area contributed by atoms with Crippen molar-refractivity contribution in [2.75, 3.05) is 0 Å². The maximum atomic E-state index is 13.3. The van der Waals surface area contributed by atoms with Crippen molar-refractivity contribution in [1.29, 1.82) is 0 Å². The third-order valence-electron chi connectivity index (χ3n) is 3.80. The van der Waals surface area contributed by atoms with Gasteiger partial charge in [-0.3, -0.25) is 0 Å². The van der Waals surface area contributed by atoms with Crippen LogP contribution in [0, 0.1) is 31.4 Å². The van der Waals surface area contributed by atoms with Crippen molar-refractivity contribution >= 4 is 0 Å². The van der Waals surface area contributed by atoms with E-state index in [0.717, 1.165) is 22.3 Å². The van der Waals surface area contributed by atoms with Gasteiger partial charge >= 0.3 is 0 Å². The Morgan fingerprint density at radius 3 is 1.45 bits per heavy atom. The van der Waals surface area contributed by atoms with Gasteiger partial charge in [-0.05, 0) is 66.3 Å². The van der Waals surface area contributed by atoms with Crippen molar-refractivity contribution < 1.29 is 8.78 Å². The van der Waals surface area contributed by atoms with E-state index >= 15 is 0 Å². The lowest BCUT2D eigenvalue weighted by molar-refractivity contribution is 0.553. The van der Waals surface area contributed by atoms with Crippen molar-refractivity contribution in [1.82, 2.24) is 0 Å². The molecule has 0 aliphatic rings. The Labute approximate surface area is 119 Å². The molecule has 0 bridgehead atoms.